The molecule has 11 nitrogen and oxygen atoms in total. The smallest absolute Gasteiger partial charge is 0.462 e. The first kappa shape index (κ1) is 62.7. The number of aliphatic hydroxyl groups excluding tert-OH is 1. The van der Waals surface area contributed by atoms with Gasteiger partial charge in [-0.05, 0) is 103 Å². The fourth-order valence-electron chi connectivity index (χ4n) is 6.39. The van der Waals surface area contributed by atoms with E-state index in [1.54, 1.807) is 0 Å². The van der Waals surface area contributed by atoms with Gasteiger partial charge in [-0.1, -0.05) is 164 Å². The largest absolute Gasteiger partial charge is 0.472 e. The Morgan fingerprint density at radius 1 is 0.439 bits per heavy atom. The summed E-state index contributed by atoms with van der Waals surface area (Å²) >= 11 is 0. The molecule has 0 spiro atoms. The van der Waals surface area contributed by atoms with Crippen LogP contribution in [0.5, 0.6) is 0 Å². The summed E-state index contributed by atoms with van der Waals surface area (Å²) in [7, 11) is -4.76. The molecule has 66 heavy (non-hydrogen) atoms. The van der Waals surface area contributed by atoms with Crippen LogP contribution >= 0.6 is 7.82 Å². The van der Waals surface area contributed by atoms with Crippen LogP contribution in [-0.2, 0) is 42.2 Å². The second-order valence-electron chi connectivity index (χ2n) is 16.6. The molecule has 0 amide bonds. The number of ether oxygens (including phenoxy) is 3. The number of carbonyl (C=O) groups is 3. The Bertz CT molecular complexity index is 1430. The van der Waals surface area contributed by atoms with Crippen molar-refractivity contribution in [3.63, 3.8) is 0 Å². The molecule has 2 N–H and O–H groups in total. The summed E-state index contributed by atoms with van der Waals surface area (Å²) in [6, 6.07) is 0. The lowest BCUT2D eigenvalue weighted by Crippen LogP contribution is -2.30. The Kier molecular flexibility index (Phi) is 45.7. The zero-order chi connectivity index (χ0) is 48.4. The van der Waals surface area contributed by atoms with Crippen molar-refractivity contribution in [3.8, 4) is 0 Å². The topological polar surface area (TPSA) is 155 Å². The molecule has 0 heterocycles. The molecule has 3 unspecified atom stereocenters. The van der Waals surface area contributed by atoms with E-state index in [1.807, 2.05) is 0 Å². The van der Waals surface area contributed by atoms with Gasteiger partial charge in [-0.2, -0.15) is 0 Å². The summed E-state index contributed by atoms with van der Waals surface area (Å²) in [5, 5.41) is 9.76. The average Bonchev–Trinajstić information content (AvgIpc) is 3.30. The number of aliphatic hydroxyl groups is 1. The highest BCUT2D eigenvalue weighted by atomic mass is 31.2. The molecule has 12 heteroatoms. The van der Waals surface area contributed by atoms with Gasteiger partial charge in [0, 0.05) is 19.3 Å². The molecule has 0 fully saturated rings. The molecule has 0 rings (SSSR count). The summed E-state index contributed by atoms with van der Waals surface area (Å²) in [6.07, 6.45) is 52.7. The van der Waals surface area contributed by atoms with Crippen molar-refractivity contribution in [2.75, 3.05) is 26.4 Å². The normalized spacial score (nSPS) is 14.2. The zero-order valence-electron chi connectivity index (χ0n) is 41.4. The summed E-state index contributed by atoms with van der Waals surface area (Å²) in [5.41, 5.74) is 0. The Morgan fingerprint density at radius 3 is 1.23 bits per heavy atom. The Morgan fingerprint density at radius 2 is 0.788 bits per heavy atom. The molecule has 0 radical (unpaired) electrons. The third kappa shape index (κ3) is 45.8. The highest BCUT2D eigenvalue weighted by Gasteiger charge is 2.28. The molecule has 3 atom stereocenters. The van der Waals surface area contributed by atoms with E-state index >= 15 is 0 Å². The maximum Gasteiger partial charge on any atom is 0.472 e. The molecule has 0 saturated heterocycles. The van der Waals surface area contributed by atoms with Gasteiger partial charge >= 0.3 is 25.7 Å². The molecular formula is C54H91O11P. The van der Waals surface area contributed by atoms with Gasteiger partial charge in [0.2, 0.25) is 0 Å². The van der Waals surface area contributed by atoms with Crippen LogP contribution in [0.25, 0.3) is 0 Å². The van der Waals surface area contributed by atoms with Crippen LogP contribution in [-0.4, -0.2) is 66.5 Å². The van der Waals surface area contributed by atoms with E-state index in [1.165, 1.54) is 0 Å². The molecule has 0 aliphatic carbocycles. The molecule has 0 aromatic rings. The van der Waals surface area contributed by atoms with E-state index in [-0.39, 0.29) is 25.9 Å². The first-order valence-corrected chi connectivity index (χ1v) is 27.0. The SMILES string of the molecule is CC/C=C\C/C=C\C/C=C\CCCCCC(=O)OCC(COP(=O)(O)OCC(CO)OC(=O)CCCCCCC/C=C\C/C=C\CCC)OC(=O)CCCCCCC/C=C\C/C=C\CCC. The Balaban J connectivity index is 4.81. The number of hydrogen-bond acceptors (Lipinski definition) is 10. The molecule has 378 valence electrons. The molecular weight excluding hydrogens is 856 g/mol. The zero-order valence-corrected chi connectivity index (χ0v) is 42.3. The quantitative estimate of drug-likeness (QED) is 0.0197. The highest BCUT2D eigenvalue weighted by Crippen LogP contribution is 2.43. The van der Waals surface area contributed by atoms with Crippen molar-refractivity contribution in [1.29, 1.82) is 0 Å². The first-order chi connectivity index (χ1) is 32.2. The van der Waals surface area contributed by atoms with Gasteiger partial charge in [0.15, 0.2) is 6.10 Å². The van der Waals surface area contributed by atoms with Gasteiger partial charge in [0.1, 0.15) is 12.7 Å². The fraction of sp³-hybridized carbons (Fsp3) is 0.685. The molecule has 0 saturated carbocycles. The maximum atomic E-state index is 12.8. The summed E-state index contributed by atoms with van der Waals surface area (Å²) in [4.78, 5) is 48.2. The predicted molar refractivity (Wildman–Crippen MR) is 270 cm³/mol. The first-order valence-electron chi connectivity index (χ1n) is 25.5. The van der Waals surface area contributed by atoms with Crippen molar-refractivity contribution in [3.05, 3.63) is 85.1 Å². The minimum Gasteiger partial charge on any atom is -0.462 e. The standard InChI is InChI=1S/C54H91O11P/c1-4-7-10-13-16-19-22-25-28-31-34-37-40-43-52(56)61-47-51(65-54(58)45-42-39-36-33-30-27-24-21-18-15-12-9-6-3)49-63-66(59,60)62-48-50(46-55)64-53(57)44-41-38-35-32-29-26-23-20-17-14-11-8-5-2/h7,10-12,14-16,19-21,23-25,28,50-51,55H,4-6,8-9,13,17-18,22,26-27,29-49H2,1-3H3,(H,59,60)/b10-7-,14-11-,15-12-,19-16-,23-20-,24-21-,28-25-. The summed E-state index contributed by atoms with van der Waals surface area (Å²) < 4.78 is 39.3. The number of phosphoric acid groups is 1. The Labute approximate surface area is 400 Å². The van der Waals surface area contributed by atoms with Crippen LogP contribution in [0.15, 0.2) is 85.1 Å². The number of carbonyl (C=O) groups excluding carboxylic acids is 3. The highest BCUT2D eigenvalue weighted by molar-refractivity contribution is 7.47. The number of esters is 3. The second kappa shape index (κ2) is 48.1. The molecule has 0 aliphatic rings. The lowest BCUT2D eigenvalue weighted by atomic mass is 10.1. The summed E-state index contributed by atoms with van der Waals surface area (Å²) in [6.45, 7) is 4.30. The van der Waals surface area contributed by atoms with Crippen LogP contribution in [0.1, 0.15) is 201 Å². The minimum atomic E-state index is -4.76. The van der Waals surface area contributed by atoms with Gasteiger partial charge in [-0.3, -0.25) is 23.4 Å². The van der Waals surface area contributed by atoms with Crippen LogP contribution in [0, 0.1) is 0 Å². The number of phosphoric ester groups is 1. The maximum absolute atomic E-state index is 12.8. The lowest BCUT2D eigenvalue weighted by molar-refractivity contribution is -0.161. The summed E-state index contributed by atoms with van der Waals surface area (Å²) in [5.74, 6) is -1.54. The second-order valence-corrected chi connectivity index (χ2v) is 18.0. The molecule has 0 aromatic carbocycles. The molecule has 0 aliphatic heterocycles. The van der Waals surface area contributed by atoms with Crippen molar-refractivity contribution in [2.45, 2.75) is 213 Å². The van der Waals surface area contributed by atoms with Crippen LogP contribution in [0.4, 0.5) is 0 Å². The fourth-order valence-corrected chi connectivity index (χ4v) is 7.17. The van der Waals surface area contributed by atoms with E-state index in [9.17, 15) is 28.9 Å². The van der Waals surface area contributed by atoms with E-state index in [0.717, 1.165) is 141 Å². The third-order valence-corrected chi connectivity index (χ3v) is 11.2. The van der Waals surface area contributed by atoms with Crippen molar-refractivity contribution >= 4 is 25.7 Å². The van der Waals surface area contributed by atoms with Crippen LogP contribution in [0.3, 0.4) is 0 Å². The van der Waals surface area contributed by atoms with Gasteiger partial charge in [0.05, 0.1) is 19.8 Å². The molecule has 0 bridgehead atoms. The monoisotopic (exact) mass is 947 g/mol. The lowest BCUT2D eigenvalue weighted by Gasteiger charge is -2.21. The number of hydrogen-bond donors (Lipinski definition) is 2. The van der Waals surface area contributed by atoms with Crippen LogP contribution < -0.4 is 0 Å². The van der Waals surface area contributed by atoms with E-state index in [2.05, 4.69) is 106 Å². The van der Waals surface area contributed by atoms with Crippen molar-refractivity contribution < 1.29 is 52.2 Å². The Hall–Kier alpha value is -3.34. The molecule has 0 aromatic heterocycles. The van der Waals surface area contributed by atoms with Crippen molar-refractivity contribution in [1.82, 2.24) is 0 Å². The number of allylic oxidation sites excluding steroid dienone is 14. The van der Waals surface area contributed by atoms with Gasteiger partial charge in [-0.15, -0.1) is 0 Å². The minimum absolute atomic E-state index is 0.140. The third-order valence-electron chi connectivity index (χ3n) is 10.2. The van der Waals surface area contributed by atoms with E-state index < -0.39 is 57.8 Å². The van der Waals surface area contributed by atoms with E-state index in [4.69, 9.17) is 23.3 Å². The van der Waals surface area contributed by atoms with Crippen LogP contribution in [0.2, 0.25) is 0 Å². The van der Waals surface area contributed by atoms with Gasteiger partial charge < -0.3 is 24.2 Å². The number of rotatable bonds is 46. The van der Waals surface area contributed by atoms with Crippen molar-refractivity contribution in [2.24, 2.45) is 0 Å². The average molecular weight is 947 g/mol. The predicted octanol–water partition coefficient (Wildman–Crippen LogP) is 14.4. The van der Waals surface area contributed by atoms with Gasteiger partial charge in [0.25, 0.3) is 0 Å². The number of unbranched alkanes of at least 4 members (excludes halogenated alkanes) is 15. The van der Waals surface area contributed by atoms with E-state index in [0.29, 0.717) is 19.3 Å². The van der Waals surface area contributed by atoms with Gasteiger partial charge in [-0.25, -0.2) is 4.57 Å².